The van der Waals surface area contributed by atoms with E-state index in [1.807, 2.05) is 118 Å². The van der Waals surface area contributed by atoms with E-state index in [1.165, 1.54) is 0 Å². The number of hydrogen-bond acceptors (Lipinski definition) is 9. The number of aromatic nitrogens is 1. The van der Waals surface area contributed by atoms with Gasteiger partial charge in [0.05, 0.1) is 14.2 Å². The fraction of sp³-hybridized carbons (Fsp3) is 0.155. The van der Waals surface area contributed by atoms with Crippen LogP contribution in [0.1, 0.15) is 27.9 Å². The Bertz CT molecular complexity index is 3060. The van der Waals surface area contributed by atoms with Crippen LogP contribution in [-0.2, 0) is 22.8 Å². The zero-order valence-corrected chi connectivity index (χ0v) is 40.2. The van der Waals surface area contributed by atoms with E-state index in [4.69, 9.17) is 50.2 Å². The topological polar surface area (TPSA) is 143 Å². The van der Waals surface area contributed by atoms with E-state index in [2.05, 4.69) is 47.4 Å². The minimum atomic E-state index is -1.02. The van der Waals surface area contributed by atoms with Crippen molar-refractivity contribution in [1.82, 2.24) is 4.98 Å². The van der Waals surface area contributed by atoms with Crippen molar-refractivity contribution in [3.8, 4) is 79.0 Å². The maximum Gasteiger partial charge on any atom is 0.341 e. The molecule has 8 aromatic rings. The first-order valence-electron chi connectivity index (χ1n) is 22.2. The molecule has 1 aromatic heterocycles. The van der Waals surface area contributed by atoms with Gasteiger partial charge in [-0.1, -0.05) is 60.1 Å². The highest BCUT2D eigenvalue weighted by atomic mass is 35.5. The van der Waals surface area contributed by atoms with Crippen molar-refractivity contribution in [2.75, 3.05) is 27.4 Å². The quantitative estimate of drug-likeness (QED) is 0.0848. The molecular weight excluding hydrogens is 906 g/mol. The Morgan fingerprint density at radius 3 is 1.33 bits per heavy atom. The second kappa shape index (κ2) is 23.6. The number of aryl methyl sites for hydroxylation is 3. The van der Waals surface area contributed by atoms with Crippen molar-refractivity contribution >= 4 is 23.5 Å². The number of ether oxygens (including phenoxy) is 6. The number of methoxy groups -OCH3 is 2. The average molecular weight is 959 g/mol. The summed E-state index contributed by atoms with van der Waals surface area (Å²) in [6.45, 7) is 5.62. The summed E-state index contributed by atoms with van der Waals surface area (Å²) in [5.41, 5.74) is 12.8. The van der Waals surface area contributed by atoms with Crippen LogP contribution in [0.25, 0.3) is 44.5 Å². The highest BCUT2D eigenvalue weighted by Crippen LogP contribution is 2.35. The first-order valence-corrected chi connectivity index (χ1v) is 22.6. The summed E-state index contributed by atoms with van der Waals surface area (Å²) in [6.07, 6.45) is 1.88. The molecule has 1 heterocycles. The molecule has 8 rings (SSSR count). The summed E-state index contributed by atoms with van der Waals surface area (Å²) >= 11 is 6.50. The van der Waals surface area contributed by atoms with Gasteiger partial charge in [-0.3, -0.25) is 4.98 Å². The Hall–Kier alpha value is -8.28. The molecule has 0 aliphatic heterocycles. The van der Waals surface area contributed by atoms with E-state index in [9.17, 15) is 9.59 Å². The maximum absolute atomic E-state index is 10.8. The van der Waals surface area contributed by atoms with Crippen molar-refractivity contribution in [2.45, 2.75) is 34.0 Å². The van der Waals surface area contributed by atoms with Gasteiger partial charge in [0.25, 0.3) is 0 Å². The normalized spacial score (nSPS) is 10.6. The number of carbonyl (C=O) groups is 2. The molecule has 12 heteroatoms. The van der Waals surface area contributed by atoms with Crippen LogP contribution in [-0.4, -0.2) is 54.6 Å². The number of carboxylic acids is 2. The molecule has 0 amide bonds. The Kier molecular flexibility index (Phi) is 16.8. The second-order valence-electron chi connectivity index (χ2n) is 16.3. The van der Waals surface area contributed by atoms with E-state index in [-0.39, 0.29) is 13.2 Å². The summed E-state index contributed by atoms with van der Waals surface area (Å²) in [5, 5.41) is 18.3. The molecule has 0 saturated heterocycles. The number of pyridine rings is 1. The predicted molar refractivity (Wildman–Crippen MR) is 273 cm³/mol. The van der Waals surface area contributed by atoms with Gasteiger partial charge in [-0.2, -0.15) is 0 Å². The molecule has 0 radical (unpaired) electrons. The Morgan fingerprint density at radius 2 is 0.900 bits per heavy atom. The van der Waals surface area contributed by atoms with Crippen LogP contribution in [0.4, 0.5) is 0 Å². The minimum absolute atomic E-state index is 0.343. The number of rotatable bonds is 18. The lowest BCUT2D eigenvalue weighted by Crippen LogP contribution is -2.10. The summed E-state index contributed by atoms with van der Waals surface area (Å²) in [4.78, 5) is 26.0. The lowest BCUT2D eigenvalue weighted by molar-refractivity contribution is -0.140. The van der Waals surface area contributed by atoms with Gasteiger partial charge in [0, 0.05) is 28.0 Å². The molecular formula is C58H52ClNO10. The highest BCUT2D eigenvalue weighted by molar-refractivity contribution is 6.33. The molecule has 0 atom stereocenters. The van der Waals surface area contributed by atoms with Gasteiger partial charge in [0.1, 0.15) is 47.7 Å². The second-order valence-corrected chi connectivity index (χ2v) is 16.7. The highest BCUT2D eigenvalue weighted by Gasteiger charge is 2.12. The lowest BCUT2D eigenvalue weighted by atomic mass is 9.96. The molecule has 0 spiro atoms. The summed E-state index contributed by atoms with van der Waals surface area (Å²) in [7, 11) is 3.30. The summed E-state index contributed by atoms with van der Waals surface area (Å²) in [5.74, 6) is 1.96. The van der Waals surface area contributed by atoms with E-state index in [0.29, 0.717) is 41.2 Å². The molecule has 7 aromatic carbocycles. The number of aliphatic carboxylic acids is 2. The Labute approximate surface area is 412 Å². The van der Waals surface area contributed by atoms with Gasteiger partial charge in [-0.15, -0.1) is 0 Å². The first-order chi connectivity index (χ1) is 33.8. The zero-order valence-electron chi connectivity index (χ0n) is 39.4. The minimum Gasteiger partial charge on any atom is -0.497 e. The molecule has 0 aliphatic rings. The number of benzene rings is 7. The standard InChI is InChI=1S/C29H25ClO5.C29H27NO5/c1-19-13-25(11-12-28(19)35-18-29(31)32)34-17-20-14-22(21-7-9-24(33-2)10-8-21)16-23(15-20)26-5-3-4-6-27(26)30;1-19-12-27(10-11-28(19)35-18-29(31)32)34-17-21-13-24(22-6-8-26(33-3)9-7-22)15-25(14-21)23-5-4-20(2)30-16-23/h3-16H,17-18H2,1-2H3,(H,31,32);4-16H,17-18H2,1-3H3,(H,31,32). The predicted octanol–water partition coefficient (Wildman–Crippen LogP) is 13.1. The fourth-order valence-corrected chi connectivity index (χ4v) is 7.71. The number of nitrogens with zero attached hydrogens (tertiary/aromatic N) is 1. The van der Waals surface area contributed by atoms with Crippen molar-refractivity contribution in [3.05, 3.63) is 197 Å². The molecule has 0 unspecified atom stereocenters. The van der Waals surface area contributed by atoms with Gasteiger partial charge in [0.15, 0.2) is 13.2 Å². The summed E-state index contributed by atoms with van der Waals surface area (Å²) in [6, 6.07) is 51.0. The van der Waals surface area contributed by atoms with E-state index in [1.54, 1.807) is 38.5 Å². The maximum atomic E-state index is 10.8. The van der Waals surface area contributed by atoms with Crippen molar-refractivity contribution in [2.24, 2.45) is 0 Å². The first kappa shape index (κ1) is 49.6. The Balaban J connectivity index is 0.000000206. The van der Waals surface area contributed by atoms with Crippen LogP contribution in [0.5, 0.6) is 34.5 Å². The third kappa shape index (κ3) is 13.7. The van der Waals surface area contributed by atoms with Gasteiger partial charge in [-0.05, 0) is 186 Å². The molecule has 11 nitrogen and oxygen atoms in total. The average Bonchev–Trinajstić information content (AvgIpc) is 3.37. The van der Waals surface area contributed by atoms with Gasteiger partial charge in [-0.25, -0.2) is 9.59 Å². The third-order valence-corrected chi connectivity index (χ3v) is 11.4. The largest absolute Gasteiger partial charge is 0.497 e. The smallest absolute Gasteiger partial charge is 0.341 e. The fourth-order valence-electron chi connectivity index (χ4n) is 7.47. The molecule has 0 bridgehead atoms. The van der Waals surface area contributed by atoms with Gasteiger partial charge >= 0.3 is 11.9 Å². The summed E-state index contributed by atoms with van der Waals surface area (Å²) < 4.78 is 33.4. The van der Waals surface area contributed by atoms with Crippen LogP contribution in [0.15, 0.2) is 164 Å². The van der Waals surface area contributed by atoms with Crippen molar-refractivity contribution in [1.29, 1.82) is 0 Å². The molecule has 356 valence electrons. The number of carboxylic acid groups (broad SMARTS) is 2. The molecule has 0 fully saturated rings. The van der Waals surface area contributed by atoms with Crippen molar-refractivity contribution < 1.29 is 48.2 Å². The van der Waals surface area contributed by atoms with Crippen LogP contribution in [0, 0.1) is 20.8 Å². The van der Waals surface area contributed by atoms with E-state index < -0.39 is 11.9 Å². The molecule has 70 heavy (non-hydrogen) atoms. The Morgan fingerprint density at radius 1 is 0.471 bits per heavy atom. The van der Waals surface area contributed by atoms with E-state index in [0.717, 1.165) is 84.0 Å². The van der Waals surface area contributed by atoms with Crippen LogP contribution in [0.2, 0.25) is 5.02 Å². The number of hydrogen-bond donors (Lipinski definition) is 2. The van der Waals surface area contributed by atoms with Gasteiger partial charge in [0.2, 0.25) is 0 Å². The van der Waals surface area contributed by atoms with E-state index >= 15 is 0 Å². The molecule has 2 N–H and O–H groups in total. The number of halogens is 1. The van der Waals surface area contributed by atoms with Crippen LogP contribution >= 0.6 is 11.6 Å². The van der Waals surface area contributed by atoms with Crippen molar-refractivity contribution in [3.63, 3.8) is 0 Å². The molecule has 0 aliphatic carbocycles. The zero-order chi connectivity index (χ0) is 49.6. The molecule has 0 saturated carbocycles. The van der Waals surface area contributed by atoms with Crippen LogP contribution in [0.3, 0.4) is 0 Å². The monoisotopic (exact) mass is 957 g/mol. The third-order valence-electron chi connectivity index (χ3n) is 11.1. The van der Waals surface area contributed by atoms with Gasteiger partial charge < -0.3 is 38.6 Å². The SMILES string of the molecule is COc1ccc(-c2cc(COc3ccc(OCC(=O)O)c(C)c3)cc(-c3ccc(C)nc3)c2)cc1.COc1ccc(-c2cc(COc3ccc(OCC(=O)O)c(C)c3)cc(-c3ccccc3Cl)c2)cc1. The lowest BCUT2D eigenvalue weighted by Gasteiger charge is -2.14. The van der Waals surface area contributed by atoms with Crippen LogP contribution < -0.4 is 28.4 Å².